The van der Waals surface area contributed by atoms with Gasteiger partial charge in [0, 0.05) is 31.3 Å². The zero-order chi connectivity index (χ0) is 14.4. The molecule has 0 radical (unpaired) electrons. The lowest BCUT2D eigenvalue weighted by atomic mass is 10.2. The molecule has 1 amide bonds. The first-order chi connectivity index (χ1) is 8.91. The van der Waals surface area contributed by atoms with E-state index in [9.17, 15) is 14.9 Å². The van der Waals surface area contributed by atoms with E-state index in [1.165, 1.54) is 24.3 Å². The third kappa shape index (κ3) is 4.67. The molecule has 1 aromatic carbocycles. The van der Waals surface area contributed by atoms with Crippen molar-refractivity contribution in [1.29, 1.82) is 0 Å². The second-order valence-electron chi connectivity index (χ2n) is 4.69. The molecule has 1 rings (SSSR count). The Bertz CT molecular complexity index is 443. The summed E-state index contributed by atoms with van der Waals surface area (Å²) in [5.74, 6) is -0.117. The fourth-order valence-corrected chi connectivity index (χ4v) is 1.67. The molecule has 0 spiro atoms. The van der Waals surface area contributed by atoms with Crippen molar-refractivity contribution in [3.8, 4) is 0 Å². The van der Waals surface area contributed by atoms with Crippen molar-refractivity contribution in [2.45, 2.75) is 6.42 Å². The van der Waals surface area contributed by atoms with Crippen LogP contribution in [0.15, 0.2) is 24.3 Å². The van der Waals surface area contributed by atoms with Crippen molar-refractivity contribution in [1.82, 2.24) is 9.80 Å². The van der Waals surface area contributed by atoms with E-state index >= 15 is 0 Å². The van der Waals surface area contributed by atoms with Crippen molar-refractivity contribution >= 4 is 11.6 Å². The number of amides is 1. The van der Waals surface area contributed by atoms with Crippen molar-refractivity contribution in [3.05, 3.63) is 39.9 Å². The zero-order valence-electron chi connectivity index (χ0n) is 11.5. The summed E-state index contributed by atoms with van der Waals surface area (Å²) in [6, 6.07) is 5.67. The van der Waals surface area contributed by atoms with E-state index < -0.39 is 4.92 Å². The van der Waals surface area contributed by atoms with Gasteiger partial charge in [-0.3, -0.25) is 14.9 Å². The average molecular weight is 265 g/mol. The van der Waals surface area contributed by atoms with E-state index in [0.717, 1.165) is 13.0 Å². The average Bonchev–Trinajstić information content (AvgIpc) is 2.37. The first-order valence-corrected chi connectivity index (χ1v) is 6.06. The number of nitrogens with zero attached hydrogens (tertiary/aromatic N) is 3. The molecule has 1 aromatic rings. The van der Waals surface area contributed by atoms with Crippen LogP contribution in [0.4, 0.5) is 5.69 Å². The lowest BCUT2D eigenvalue weighted by molar-refractivity contribution is -0.384. The molecule has 0 aliphatic heterocycles. The van der Waals surface area contributed by atoms with Crippen molar-refractivity contribution < 1.29 is 9.72 Å². The largest absolute Gasteiger partial charge is 0.342 e. The third-order valence-electron chi connectivity index (χ3n) is 2.77. The number of non-ortho nitro benzene ring substituents is 1. The number of nitro groups is 1. The van der Waals surface area contributed by atoms with Crippen LogP contribution in [0.25, 0.3) is 0 Å². The second kappa shape index (κ2) is 6.84. The Hall–Kier alpha value is -1.95. The SMILES string of the molecule is CN(C)CCCN(C)C(=O)c1ccc([N+](=O)[O-])cc1. The highest BCUT2D eigenvalue weighted by molar-refractivity contribution is 5.94. The minimum absolute atomic E-state index is 0.00758. The molecule has 0 unspecified atom stereocenters. The predicted molar refractivity (Wildman–Crippen MR) is 73.2 cm³/mol. The first kappa shape index (κ1) is 15.1. The molecule has 0 N–H and O–H groups in total. The fraction of sp³-hybridized carbons (Fsp3) is 0.462. The van der Waals surface area contributed by atoms with Crippen LogP contribution in [-0.4, -0.2) is 54.9 Å². The van der Waals surface area contributed by atoms with Crippen LogP contribution in [-0.2, 0) is 0 Å². The summed E-state index contributed by atoms with van der Waals surface area (Å²) >= 11 is 0. The van der Waals surface area contributed by atoms with Gasteiger partial charge < -0.3 is 9.80 Å². The van der Waals surface area contributed by atoms with E-state index in [2.05, 4.69) is 4.90 Å². The number of rotatable bonds is 6. The van der Waals surface area contributed by atoms with Gasteiger partial charge in [-0.1, -0.05) is 0 Å². The molecule has 0 fully saturated rings. The molecule has 104 valence electrons. The number of nitro benzene ring substituents is 1. The Morgan fingerprint density at radius 1 is 1.16 bits per heavy atom. The molecule has 19 heavy (non-hydrogen) atoms. The Labute approximate surface area is 112 Å². The molecule has 0 saturated heterocycles. The Morgan fingerprint density at radius 3 is 2.21 bits per heavy atom. The minimum atomic E-state index is -0.477. The molecule has 0 aliphatic rings. The van der Waals surface area contributed by atoms with Crippen LogP contribution in [0, 0.1) is 10.1 Å². The van der Waals surface area contributed by atoms with Gasteiger partial charge in [0.2, 0.25) is 0 Å². The Morgan fingerprint density at radius 2 is 1.74 bits per heavy atom. The maximum Gasteiger partial charge on any atom is 0.269 e. The topological polar surface area (TPSA) is 66.7 Å². The molecule has 0 atom stereocenters. The van der Waals surface area contributed by atoms with Crippen LogP contribution in [0.2, 0.25) is 0 Å². The molecule has 6 heteroatoms. The van der Waals surface area contributed by atoms with Crippen LogP contribution >= 0.6 is 0 Å². The van der Waals surface area contributed by atoms with Gasteiger partial charge in [0.05, 0.1) is 4.92 Å². The van der Waals surface area contributed by atoms with E-state index in [4.69, 9.17) is 0 Å². The Balaban J connectivity index is 2.59. The molecule has 0 aromatic heterocycles. The predicted octanol–water partition coefficient (Wildman–Crippen LogP) is 1.62. The lowest BCUT2D eigenvalue weighted by Crippen LogP contribution is -2.29. The van der Waals surface area contributed by atoms with Gasteiger partial charge in [-0.2, -0.15) is 0 Å². The maximum atomic E-state index is 12.0. The molecular formula is C13H19N3O3. The quantitative estimate of drug-likeness (QED) is 0.579. The molecule has 0 aliphatic carbocycles. The van der Waals surface area contributed by atoms with Crippen LogP contribution < -0.4 is 0 Å². The Kier molecular flexibility index (Phi) is 5.44. The number of benzene rings is 1. The summed E-state index contributed by atoms with van der Waals surface area (Å²) in [4.78, 5) is 25.8. The minimum Gasteiger partial charge on any atom is -0.342 e. The third-order valence-corrected chi connectivity index (χ3v) is 2.77. The first-order valence-electron chi connectivity index (χ1n) is 6.06. The van der Waals surface area contributed by atoms with Gasteiger partial charge in [-0.25, -0.2) is 0 Å². The highest BCUT2D eigenvalue weighted by Crippen LogP contribution is 2.13. The summed E-state index contributed by atoms with van der Waals surface area (Å²) < 4.78 is 0. The molecule has 6 nitrogen and oxygen atoms in total. The summed E-state index contributed by atoms with van der Waals surface area (Å²) in [6.45, 7) is 1.58. The maximum absolute atomic E-state index is 12.0. The number of carbonyl (C=O) groups is 1. The van der Waals surface area contributed by atoms with Crippen molar-refractivity contribution in [2.75, 3.05) is 34.2 Å². The van der Waals surface area contributed by atoms with Gasteiger partial charge in [-0.15, -0.1) is 0 Å². The highest BCUT2D eigenvalue weighted by Gasteiger charge is 2.13. The smallest absolute Gasteiger partial charge is 0.269 e. The number of hydrogen-bond donors (Lipinski definition) is 0. The zero-order valence-corrected chi connectivity index (χ0v) is 11.5. The summed E-state index contributed by atoms with van der Waals surface area (Å²) in [6.07, 6.45) is 0.891. The van der Waals surface area contributed by atoms with E-state index in [-0.39, 0.29) is 11.6 Å². The van der Waals surface area contributed by atoms with E-state index in [1.54, 1.807) is 11.9 Å². The second-order valence-corrected chi connectivity index (χ2v) is 4.69. The summed E-state index contributed by atoms with van der Waals surface area (Å²) in [5, 5.41) is 10.5. The number of carbonyl (C=O) groups excluding carboxylic acids is 1. The van der Waals surface area contributed by atoms with Crippen molar-refractivity contribution in [2.24, 2.45) is 0 Å². The number of hydrogen-bond acceptors (Lipinski definition) is 4. The molecule has 0 saturated carbocycles. The lowest BCUT2D eigenvalue weighted by Gasteiger charge is -2.18. The molecule has 0 bridgehead atoms. The summed E-state index contributed by atoms with van der Waals surface area (Å²) in [5.41, 5.74) is 0.463. The van der Waals surface area contributed by atoms with Gasteiger partial charge >= 0.3 is 0 Å². The summed E-state index contributed by atoms with van der Waals surface area (Å²) in [7, 11) is 5.70. The van der Waals surface area contributed by atoms with Gasteiger partial charge in [0.25, 0.3) is 11.6 Å². The van der Waals surface area contributed by atoms with E-state index in [0.29, 0.717) is 12.1 Å². The monoisotopic (exact) mass is 265 g/mol. The van der Waals surface area contributed by atoms with E-state index in [1.807, 2.05) is 14.1 Å². The fourth-order valence-electron chi connectivity index (χ4n) is 1.67. The highest BCUT2D eigenvalue weighted by atomic mass is 16.6. The normalized spacial score (nSPS) is 10.5. The molecular weight excluding hydrogens is 246 g/mol. The van der Waals surface area contributed by atoms with Gasteiger partial charge in [-0.05, 0) is 39.2 Å². The van der Waals surface area contributed by atoms with Crippen LogP contribution in [0.1, 0.15) is 16.8 Å². The van der Waals surface area contributed by atoms with Gasteiger partial charge in [0.1, 0.15) is 0 Å². The van der Waals surface area contributed by atoms with Gasteiger partial charge in [0.15, 0.2) is 0 Å². The standard InChI is InChI=1S/C13H19N3O3/c1-14(2)9-4-10-15(3)13(17)11-5-7-12(8-6-11)16(18)19/h5-8H,4,9-10H2,1-3H3. The van der Waals surface area contributed by atoms with Crippen LogP contribution in [0.3, 0.4) is 0 Å². The van der Waals surface area contributed by atoms with Crippen molar-refractivity contribution in [3.63, 3.8) is 0 Å². The molecule has 0 heterocycles. The van der Waals surface area contributed by atoms with Crippen LogP contribution in [0.5, 0.6) is 0 Å².